The normalized spacial score (nSPS) is 27.3. The highest BCUT2D eigenvalue weighted by molar-refractivity contribution is 6.34. The van der Waals surface area contributed by atoms with Crippen LogP contribution in [-0.4, -0.2) is 69.8 Å². The first-order chi connectivity index (χ1) is 22.8. The Kier molecular flexibility index (Phi) is 7.36. The molecule has 15 heteroatoms. The Bertz CT molecular complexity index is 1860. The van der Waals surface area contributed by atoms with Crippen LogP contribution in [0.4, 0.5) is 38.0 Å². The van der Waals surface area contributed by atoms with Crippen molar-refractivity contribution in [2.24, 2.45) is 5.92 Å². The smallest absolute Gasteiger partial charge is 0.418 e. The molecule has 2 aromatic heterocycles. The number of ether oxygens (including phenoxy) is 1. The fraction of sp³-hybridized carbons (Fsp3) is 0.545. The number of nitrogen functional groups attached to an aromatic ring is 1. The van der Waals surface area contributed by atoms with Gasteiger partial charge in [0.15, 0.2) is 5.82 Å². The van der Waals surface area contributed by atoms with Gasteiger partial charge < -0.3 is 20.7 Å². The number of halogens is 7. The predicted molar refractivity (Wildman–Crippen MR) is 169 cm³/mol. The van der Waals surface area contributed by atoms with E-state index in [1.165, 1.54) is 13.0 Å². The highest BCUT2D eigenvalue weighted by Gasteiger charge is 2.53. The number of hydrogen-bond donors (Lipinski definition) is 2. The third-order valence-electron chi connectivity index (χ3n) is 11.0. The number of fused-ring (bicyclic) bond motifs is 4. The van der Waals surface area contributed by atoms with E-state index in [9.17, 15) is 22.0 Å². The van der Waals surface area contributed by atoms with E-state index in [0.717, 1.165) is 38.2 Å². The zero-order valence-corrected chi connectivity index (χ0v) is 26.9. The van der Waals surface area contributed by atoms with Crippen molar-refractivity contribution in [3.05, 3.63) is 45.8 Å². The molecule has 1 aromatic carbocycles. The van der Waals surface area contributed by atoms with Gasteiger partial charge in [-0.1, -0.05) is 11.6 Å². The van der Waals surface area contributed by atoms with Crippen molar-refractivity contribution in [1.29, 1.82) is 0 Å². The van der Waals surface area contributed by atoms with Gasteiger partial charge in [0.2, 0.25) is 0 Å². The number of aromatic nitrogens is 3. The molecule has 3 N–H and O–H groups in total. The fourth-order valence-electron chi connectivity index (χ4n) is 8.75. The monoisotopic (exact) mass is 693 g/mol. The standard InChI is InChI=1S/C33H34ClF6N7O/c1-16-9-22(41)42-27(24(16)33(38,39)40)23-21(34)10-20-26(25(23)35)43-30(48-15-31-6-2-8-47(31)12-17(11-31)28(36)37)44-29(20)46-13-19-5-7-32(14-46,45-19)18-3-4-18/h9-10,18-19,45H,2-8,11-15H2,1H3,(H2,41,42)/t19-,31-,32+/m0/s1. The maximum atomic E-state index is 16.8. The first-order valence-electron chi connectivity index (χ1n) is 16.2. The number of anilines is 2. The van der Waals surface area contributed by atoms with Gasteiger partial charge in [0.05, 0.1) is 27.4 Å². The number of alkyl halides is 3. The van der Waals surface area contributed by atoms with Crippen LogP contribution in [0.25, 0.3) is 22.2 Å². The maximum absolute atomic E-state index is 16.8. The summed E-state index contributed by atoms with van der Waals surface area (Å²) >= 11 is 6.65. The van der Waals surface area contributed by atoms with Crippen molar-refractivity contribution in [2.75, 3.05) is 43.4 Å². The zero-order valence-electron chi connectivity index (χ0n) is 26.2. The molecule has 48 heavy (non-hydrogen) atoms. The molecule has 1 aliphatic carbocycles. The van der Waals surface area contributed by atoms with Gasteiger partial charge in [0.25, 0.3) is 6.08 Å². The Labute approximate surface area is 277 Å². The number of benzene rings is 1. The molecule has 3 aromatic rings. The molecule has 4 aliphatic heterocycles. The number of pyridine rings is 1. The van der Waals surface area contributed by atoms with Crippen molar-refractivity contribution in [3.63, 3.8) is 0 Å². The van der Waals surface area contributed by atoms with E-state index in [-0.39, 0.29) is 70.0 Å². The zero-order chi connectivity index (χ0) is 33.7. The summed E-state index contributed by atoms with van der Waals surface area (Å²) in [6.07, 6.45) is -0.823. The van der Waals surface area contributed by atoms with Crippen LogP contribution in [0.5, 0.6) is 6.01 Å². The van der Waals surface area contributed by atoms with Crippen LogP contribution in [0.15, 0.2) is 23.8 Å². The molecule has 0 radical (unpaired) electrons. The summed E-state index contributed by atoms with van der Waals surface area (Å²) in [5.41, 5.74) is 2.13. The number of nitrogens with one attached hydrogen (secondary N) is 1. The first-order valence-corrected chi connectivity index (χ1v) is 16.6. The van der Waals surface area contributed by atoms with E-state index >= 15 is 4.39 Å². The summed E-state index contributed by atoms with van der Waals surface area (Å²) in [6, 6.07) is 2.44. The molecule has 0 spiro atoms. The van der Waals surface area contributed by atoms with E-state index in [2.05, 4.69) is 20.2 Å². The number of nitrogens with two attached hydrogens (primary N) is 1. The Hall–Kier alpha value is -3.36. The summed E-state index contributed by atoms with van der Waals surface area (Å²) in [6.45, 7) is 3.15. The van der Waals surface area contributed by atoms with Crippen LogP contribution >= 0.6 is 11.6 Å². The fourth-order valence-corrected chi connectivity index (χ4v) is 9.03. The van der Waals surface area contributed by atoms with Gasteiger partial charge in [-0.25, -0.2) is 9.37 Å². The second kappa shape index (κ2) is 11.1. The molecule has 6 heterocycles. The van der Waals surface area contributed by atoms with Gasteiger partial charge >= 0.3 is 12.2 Å². The summed E-state index contributed by atoms with van der Waals surface area (Å²) in [7, 11) is 0. The quantitative estimate of drug-likeness (QED) is 0.270. The summed E-state index contributed by atoms with van der Waals surface area (Å²) in [4.78, 5) is 17.1. The number of aryl methyl sites for hydroxylation is 1. The highest BCUT2D eigenvalue weighted by atomic mass is 35.5. The van der Waals surface area contributed by atoms with Gasteiger partial charge in [0, 0.05) is 42.2 Å². The third-order valence-corrected chi connectivity index (χ3v) is 11.3. The van der Waals surface area contributed by atoms with Gasteiger partial charge in [-0.2, -0.15) is 31.9 Å². The SMILES string of the molecule is Cc1cc(N)nc(-c2c(Cl)cc3c(N4C[C@@H]5CC[C@](C6CC6)(C4)N5)nc(OC[C@@]45CCCN4CC(=C(F)F)C5)nc3c2F)c1C(F)(F)F. The van der Waals surface area contributed by atoms with E-state index < -0.39 is 40.4 Å². The lowest BCUT2D eigenvalue weighted by atomic mass is 9.90. The van der Waals surface area contributed by atoms with Gasteiger partial charge in [-0.3, -0.25) is 4.90 Å². The topological polar surface area (TPSA) is 92.4 Å². The number of hydrogen-bond acceptors (Lipinski definition) is 8. The van der Waals surface area contributed by atoms with Crippen molar-refractivity contribution in [3.8, 4) is 17.3 Å². The van der Waals surface area contributed by atoms with E-state index in [1.807, 2.05) is 4.90 Å². The molecule has 0 amide bonds. The molecule has 256 valence electrons. The second-order valence-electron chi connectivity index (χ2n) is 14.1. The van der Waals surface area contributed by atoms with Crippen LogP contribution in [-0.2, 0) is 6.18 Å². The molecule has 1 saturated carbocycles. The van der Waals surface area contributed by atoms with E-state index in [0.29, 0.717) is 37.8 Å². The Morgan fingerprint density at radius 2 is 1.94 bits per heavy atom. The van der Waals surface area contributed by atoms with Crippen molar-refractivity contribution in [1.82, 2.24) is 25.2 Å². The average Bonchev–Trinajstić information content (AvgIpc) is 3.61. The average molecular weight is 694 g/mol. The predicted octanol–water partition coefficient (Wildman–Crippen LogP) is 6.88. The van der Waals surface area contributed by atoms with E-state index in [1.54, 1.807) is 0 Å². The van der Waals surface area contributed by atoms with Gasteiger partial charge in [-0.05, 0) is 82.0 Å². The molecule has 0 unspecified atom stereocenters. The largest absolute Gasteiger partial charge is 0.461 e. The van der Waals surface area contributed by atoms with E-state index in [4.69, 9.17) is 27.1 Å². The minimum Gasteiger partial charge on any atom is -0.461 e. The first kappa shape index (κ1) is 31.9. The Balaban J connectivity index is 1.27. The van der Waals surface area contributed by atoms with Crippen LogP contribution < -0.4 is 20.7 Å². The molecule has 5 aliphatic rings. The Morgan fingerprint density at radius 1 is 1.15 bits per heavy atom. The Morgan fingerprint density at radius 3 is 2.67 bits per heavy atom. The van der Waals surface area contributed by atoms with Crippen LogP contribution in [0.3, 0.4) is 0 Å². The molecule has 4 saturated heterocycles. The minimum absolute atomic E-state index is 0.0127. The van der Waals surface area contributed by atoms with Gasteiger partial charge in [0.1, 0.15) is 23.8 Å². The molecule has 8 rings (SSSR count). The maximum Gasteiger partial charge on any atom is 0.418 e. The number of piperazine rings is 1. The molecular formula is C33H34ClF6N7O. The van der Waals surface area contributed by atoms with Crippen molar-refractivity contribution >= 4 is 34.1 Å². The summed E-state index contributed by atoms with van der Waals surface area (Å²) in [5, 5.41) is 3.73. The molecule has 2 bridgehead atoms. The molecular weight excluding hydrogens is 660 g/mol. The lowest BCUT2D eigenvalue weighted by molar-refractivity contribution is -0.137. The molecule has 5 fully saturated rings. The highest BCUT2D eigenvalue weighted by Crippen LogP contribution is 2.50. The van der Waals surface area contributed by atoms with Gasteiger partial charge in [-0.15, -0.1) is 0 Å². The third kappa shape index (κ3) is 5.17. The lowest BCUT2D eigenvalue weighted by Gasteiger charge is -2.42. The second-order valence-corrected chi connectivity index (χ2v) is 14.5. The van der Waals surface area contributed by atoms with Crippen molar-refractivity contribution < 1.29 is 31.1 Å². The number of rotatable bonds is 6. The number of nitrogens with zero attached hydrogens (tertiary/aromatic N) is 5. The van der Waals surface area contributed by atoms with Crippen LogP contribution in [0.2, 0.25) is 5.02 Å². The summed E-state index contributed by atoms with van der Waals surface area (Å²) < 4.78 is 93.3. The molecule has 8 nitrogen and oxygen atoms in total. The van der Waals surface area contributed by atoms with Crippen molar-refractivity contribution in [2.45, 2.75) is 75.2 Å². The lowest BCUT2D eigenvalue weighted by Crippen LogP contribution is -2.61. The van der Waals surface area contributed by atoms with Crippen LogP contribution in [0.1, 0.15) is 56.1 Å². The summed E-state index contributed by atoms with van der Waals surface area (Å²) in [5.74, 6) is -0.478. The minimum atomic E-state index is -4.88. The molecule has 3 atom stereocenters. The van der Waals surface area contributed by atoms with Crippen LogP contribution in [0, 0.1) is 18.7 Å².